The summed E-state index contributed by atoms with van der Waals surface area (Å²) in [5.41, 5.74) is 1.92. The van der Waals surface area contributed by atoms with Gasteiger partial charge in [0, 0.05) is 18.0 Å². The Balaban J connectivity index is 2.55. The summed E-state index contributed by atoms with van der Waals surface area (Å²) in [6, 6.07) is 2.72. The van der Waals surface area contributed by atoms with Crippen molar-refractivity contribution in [2.75, 3.05) is 0 Å². The van der Waals surface area contributed by atoms with Crippen molar-refractivity contribution in [2.45, 2.75) is 6.18 Å². The van der Waals surface area contributed by atoms with Gasteiger partial charge in [-0.15, -0.1) is 0 Å². The first-order chi connectivity index (χ1) is 6.99. The molecular weight excluding hydrogens is 211 g/mol. The lowest BCUT2D eigenvalue weighted by Crippen LogP contribution is -2.20. The zero-order valence-corrected chi connectivity index (χ0v) is 7.32. The minimum atomic E-state index is -4.54. The second-order valence-electron chi connectivity index (χ2n) is 2.48. The van der Waals surface area contributed by atoms with Crippen molar-refractivity contribution in [1.82, 2.24) is 10.4 Å². The summed E-state index contributed by atoms with van der Waals surface area (Å²) in [7, 11) is 0. The molecule has 0 aliphatic carbocycles. The average molecular weight is 217 g/mol. The molecule has 1 heterocycles. The normalized spacial score (nSPS) is 11.7. The lowest BCUT2D eigenvalue weighted by atomic mass is 10.3. The Hall–Kier alpha value is -1.92. The molecule has 1 amide bonds. The standard InChI is InChI=1S/C8H6F3N3O/c9-8(10,11)5-13-14-7(15)6-1-3-12-4-2-6/h1-5H,(H,14,15). The number of aromatic nitrogens is 1. The molecular formula is C8H6F3N3O. The topological polar surface area (TPSA) is 54.4 Å². The molecule has 4 nitrogen and oxygen atoms in total. The number of halogens is 3. The fraction of sp³-hybridized carbons (Fsp3) is 0.125. The van der Waals surface area contributed by atoms with Crippen molar-refractivity contribution in [3.63, 3.8) is 0 Å². The van der Waals surface area contributed by atoms with Crippen molar-refractivity contribution >= 4 is 12.1 Å². The van der Waals surface area contributed by atoms with Gasteiger partial charge in [-0.1, -0.05) is 0 Å². The van der Waals surface area contributed by atoms with E-state index in [9.17, 15) is 18.0 Å². The second-order valence-corrected chi connectivity index (χ2v) is 2.48. The Morgan fingerprint density at radius 2 is 2.00 bits per heavy atom. The SMILES string of the molecule is O=C(NN=CC(F)(F)F)c1ccncc1. The van der Waals surface area contributed by atoms with Gasteiger partial charge in [-0.25, -0.2) is 5.43 Å². The Labute approximate surface area is 82.8 Å². The molecule has 1 aromatic heterocycles. The lowest BCUT2D eigenvalue weighted by Gasteiger charge is -1.99. The third-order valence-electron chi connectivity index (χ3n) is 1.32. The highest BCUT2D eigenvalue weighted by atomic mass is 19.4. The zero-order valence-electron chi connectivity index (χ0n) is 7.32. The van der Waals surface area contributed by atoms with E-state index < -0.39 is 12.1 Å². The number of hydrogen-bond donors (Lipinski definition) is 1. The molecule has 80 valence electrons. The first-order valence-corrected chi connectivity index (χ1v) is 3.80. The monoisotopic (exact) mass is 217 g/mol. The molecule has 0 saturated carbocycles. The minimum Gasteiger partial charge on any atom is -0.267 e. The van der Waals surface area contributed by atoms with E-state index in [2.05, 4.69) is 10.1 Å². The molecule has 0 aliphatic heterocycles. The van der Waals surface area contributed by atoms with Gasteiger partial charge in [-0.2, -0.15) is 18.3 Å². The fourth-order valence-electron chi connectivity index (χ4n) is 0.732. The molecule has 0 unspecified atom stereocenters. The molecule has 0 radical (unpaired) electrons. The highest BCUT2D eigenvalue weighted by Gasteiger charge is 2.23. The van der Waals surface area contributed by atoms with Crippen molar-refractivity contribution in [1.29, 1.82) is 0 Å². The molecule has 1 N–H and O–H groups in total. The van der Waals surface area contributed by atoms with Crippen LogP contribution >= 0.6 is 0 Å². The number of rotatable bonds is 2. The molecule has 0 fully saturated rings. The summed E-state index contributed by atoms with van der Waals surface area (Å²) in [5, 5.41) is 2.75. The van der Waals surface area contributed by atoms with Gasteiger partial charge in [0.05, 0.1) is 0 Å². The Kier molecular flexibility index (Phi) is 3.37. The molecule has 0 aromatic carbocycles. The molecule has 0 bridgehead atoms. The van der Waals surface area contributed by atoms with E-state index in [1.807, 2.05) is 0 Å². The van der Waals surface area contributed by atoms with Crippen molar-refractivity contribution in [2.24, 2.45) is 5.10 Å². The van der Waals surface area contributed by atoms with Crippen LogP contribution in [-0.4, -0.2) is 23.3 Å². The van der Waals surface area contributed by atoms with Gasteiger partial charge in [-0.05, 0) is 12.1 Å². The van der Waals surface area contributed by atoms with E-state index in [4.69, 9.17) is 0 Å². The maximum absolute atomic E-state index is 11.6. The summed E-state index contributed by atoms with van der Waals surface area (Å²) in [6.45, 7) is 0. The number of alkyl halides is 3. The predicted octanol–water partition coefficient (Wildman–Crippen LogP) is 1.36. The van der Waals surface area contributed by atoms with Crippen LogP contribution in [0, 0.1) is 0 Å². The van der Waals surface area contributed by atoms with Crippen LogP contribution in [0.15, 0.2) is 29.6 Å². The van der Waals surface area contributed by atoms with E-state index in [1.54, 1.807) is 5.43 Å². The first kappa shape index (κ1) is 11.2. The minimum absolute atomic E-state index is 0.185. The van der Waals surface area contributed by atoms with Crippen LogP contribution in [-0.2, 0) is 0 Å². The predicted molar refractivity (Wildman–Crippen MR) is 46.3 cm³/mol. The van der Waals surface area contributed by atoms with Gasteiger partial charge < -0.3 is 0 Å². The Morgan fingerprint density at radius 1 is 1.40 bits per heavy atom. The quantitative estimate of drug-likeness (QED) is 0.600. The summed E-state index contributed by atoms with van der Waals surface area (Å²) in [6.07, 6.45) is -2.14. The lowest BCUT2D eigenvalue weighted by molar-refractivity contribution is -0.0538. The van der Waals surface area contributed by atoms with E-state index in [1.165, 1.54) is 24.5 Å². The van der Waals surface area contributed by atoms with Crippen LogP contribution in [0.1, 0.15) is 10.4 Å². The van der Waals surface area contributed by atoms with Crippen molar-refractivity contribution < 1.29 is 18.0 Å². The molecule has 15 heavy (non-hydrogen) atoms. The fourth-order valence-corrected chi connectivity index (χ4v) is 0.732. The number of carbonyl (C=O) groups is 1. The van der Waals surface area contributed by atoms with Crippen LogP contribution < -0.4 is 5.43 Å². The molecule has 0 atom stereocenters. The Morgan fingerprint density at radius 3 is 2.53 bits per heavy atom. The summed E-state index contributed by atoms with van der Waals surface area (Å²) >= 11 is 0. The number of pyridine rings is 1. The number of nitrogens with zero attached hydrogens (tertiary/aromatic N) is 2. The van der Waals surface area contributed by atoms with E-state index in [-0.39, 0.29) is 11.8 Å². The maximum Gasteiger partial charge on any atom is 0.428 e. The molecule has 0 aliphatic rings. The highest BCUT2D eigenvalue weighted by molar-refractivity contribution is 5.94. The zero-order chi connectivity index (χ0) is 11.3. The van der Waals surface area contributed by atoms with Crippen LogP contribution in [0.2, 0.25) is 0 Å². The average Bonchev–Trinajstić information content (AvgIpc) is 2.17. The third-order valence-corrected chi connectivity index (χ3v) is 1.32. The molecule has 1 aromatic rings. The summed E-state index contributed by atoms with van der Waals surface area (Å²) < 4.78 is 34.8. The van der Waals surface area contributed by atoms with E-state index in [0.29, 0.717) is 0 Å². The van der Waals surface area contributed by atoms with Crippen molar-refractivity contribution in [3.05, 3.63) is 30.1 Å². The van der Waals surface area contributed by atoms with Crippen molar-refractivity contribution in [3.8, 4) is 0 Å². The number of nitrogens with one attached hydrogen (secondary N) is 1. The first-order valence-electron chi connectivity index (χ1n) is 3.80. The number of hydrogen-bond acceptors (Lipinski definition) is 3. The summed E-state index contributed by atoms with van der Waals surface area (Å²) in [4.78, 5) is 14.8. The van der Waals surface area contributed by atoms with Gasteiger partial charge >= 0.3 is 6.18 Å². The van der Waals surface area contributed by atoms with E-state index >= 15 is 0 Å². The van der Waals surface area contributed by atoms with Gasteiger partial charge in [0.25, 0.3) is 5.91 Å². The molecule has 0 spiro atoms. The van der Waals surface area contributed by atoms with Crippen LogP contribution in [0.4, 0.5) is 13.2 Å². The second kappa shape index (κ2) is 4.54. The van der Waals surface area contributed by atoms with Crippen LogP contribution in [0.5, 0.6) is 0 Å². The number of amides is 1. The Bertz CT molecular complexity index is 361. The van der Waals surface area contributed by atoms with E-state index in [0.717, 1.165) is 0 Å². The van der Waals surface area contributed by atoms with Gasteiger partial charge in [0.15, 0.2) is 0 Å². The van der Waals surface area contributed by atoms with Crippen LogP contribution in [0.3, 0.4) is 0 Å². The largest absolute Gasteiger partial charge is 0.428 e. The van der Waals surface area contributed by atoms with Gasteiger partial charge in [-0.3, -0.25) is 9.78 Å². The van der Waals surface area contributed by atoms with Gasteiger partial charge in [0.2, 0.25) is 0 Å². The molecule has 0 saturated heterocycles. The van der Waals surface area contributed by atoms with Crippen LogP contribution in [0.25, 0.3) is 0 Å². The highest BCUT2D eigenvalue weighted by Crippen LogP contribution is 2.09. The van der Waals surface area contributed by atoms with Gasteiger partial charge in [0.1, 0.15) is 6.21 Å². The smallest absolute Gasteiger partial charge is 0.267 e. The summed E-state index contributed by atoms with van der Waals surface area (Å²) in [5.74, 6) is -0.724. The molecule has 7 heteroatoms. The molecule has 1 rings (SSSR count). The number of carbonyl (C=O) groups excluding carboxylic acids is 1. The number of hydrazone groups is 1. The third kappa shape index (κ3) is 4.21. The maximum atomic E-state index is 11.6.